The minimum Gasteiger partial charge on any atom is -0.479 e. The van der Waals surface area contributed by atoms with Gasteiger partial charge in [-0.1, -0.05) is 0 Å². The molecule has 0 amide bonds. The van der Waals surface area contributed by atoms with E-state index in [0.717, 1.165) is 0 Å². The minimum atomic E-state index is -1.23. The number of nitrogens with zero attached hydrogens (tertiary/aromatic N) is 4. The predicted molar refractivity (Wildman–Crippen MR) is 70.8 cm³/mol. The number of carboxylic acid groups (broad SMARTS) is 1. The Hall–Kier alpha value is -2.97. The largest absolute Gasteiger partial charge is 0.479 e. The molecule has 0 saturated carbocycles. The molecule has 0 aliphatic rings. The van der Waals surface area contributed by atoms with Crippen molar-refractivity contribution in [1.82, 2.24) is 14.8 Å². The lowest BCUT2D eigenvalue weighted by molar-refractivity contribution is -0.390. The van der Waals surface area contributed by atoms with Crippen LogP contribution in [0.5, 0.6) is 5.75 Å². The Morgan fingerprint density at radius 3 is 2.81 bits per heavy atom. The molecule has 0 aromatic carbocycles. The molecule has 2 aromatic heterocycles. The smallest absolute Gasteiger partial charge is 0.406 e. The first kappa shape index (κ1) is 14.4. The van der Waals surface area contributed by atoms with Gasteiger partial charge in [-0.05, 0) is 22.9 Å². The molecule has 110 valence electrons. The molecule has 1 atom stereocenters. The molecule has 2 heterocycles. The topological polar surface area (TPSA) is 120 Å². The van der Waals surface area contributed by atoms with Gasteiger partial charge >= 0.3 is 11.8 Å². The summed E-state index contributed by atoms with van der Waals surface area (Å²) in [5, 5.41) is 23.9. The van der Waals surface area contributed by atoms with Crippen molar-refractivity contribution in [2.75, 3.05) is 0 Å². The highest BCUT2D eigenvalue weighted by Crippen LogP contribution is 2.30. The molecule has 9 heteroatoms. The molecule has 1 N–H and O–H groups in total. The van der Waals surface area contributed by atoms with Gasteiger partial charge in [0.25, 0.3) is 0 Å². The Balaban J connectivity index is 2.43. The van der Waals surface area contributed by atoms with Gasteiger partial charge in [-0.2, -0.15) is 5.10 Å². The molecule has 2 rings (SSSR count). The maximum atomic E-state index is 10.9. The van der Waals surface area contributed by atoms with Crippen LogP contribution in [0.1, 0.15) is 6.92 Å². The van der Waals surface area contributed by atoms with Crippen LogP contribution in [0.4, 0.5) is 5.82 Å². The summed E-state index contributed by atoms with van der Waals surface area (Å²) < 4.78 is 6.67. The van der Waals surface area contributed by atoms with Crippen molar-refractivity contribution in [3.05, 3.63) is 34.6 Å². The Morgan fingerprint density at radius 2 is 2.29 bits per heavy atom. The summed E-state index contributed by atoms with van der Waals surface area (Å²) in [6, 6.07) is 3.06. The number of rotatable bonds is 5. The molecule has 1 unspecified atom stereocenters. The zero-order valence-electron chi connectivity index (χ0n) is 11.3. The van der Waals surface area contributed by atoms with Gasteiger partial charge in [0.05, 0.1) is 5.69 Å². The van der Waals surface area contributed by atoms with E-state index in [0.29, 0.717) is 11.3 Å². The summed E-state index contributed by atoms with van der Waals surface area (Å²) in [4.78, 5) is 24.7. The van der Waals surface area contributed by atoms with E-state index < -0.39 is 22.8 Å². The van der Waals surface area contributed by atoms with Crippen LogP contribution in [-0.2, 0) is 11.8 Å². The quantitative estimate of drug-likeness (QED) is 0.650. The summed E-state index contributed by atoms with van der Waals surface area (Å²) in [7, 11) is 1.73. The number of nitro groups is 1. The summed E-state index contributed by atoms with van der Waals surface area (Å²) in [5.74, 6) is -1.98. The van der Waals surface area contributed by atoms with E-state index in [1.807, 2.05) is 0 Å². The third kappa shape index (κ3) is 3.14. The minimum absolute atomic E-state index is 0.210. The molecular formula is C12H12N4O5. The highest BCUT2D eigenvalue weighted by atomic mass is 16.6. The SMILES string of the molecule is CC(Oc1cc(-c2ccn(C)n2)cnc1[N+](=O)[O-])C(=O)O. The van der Waals surface area contributed by atoms with Crippen LogP contribution in [-0.4, -0.2) is 36.9 Å². The molecule has 0 aliphatic carbocycles. The number of aliphatic carboxylic acids is 1. The normalized spacial score (nSPS) is 11.9. The molecule has 0 saturated heterocycles. The molecule has 9 nitrogen and oxygen atoms in total. The van der Waals surface area contributed by atoms with E-state index in [4.69, 9.17) is 9.84 Å². The first-order valence-corrected chi connectivity index (χ1v) is 5.92. The van der Waals surface area contributed by atoms with Gasteiger partial charge in [0.15, 0.2) is 6.10 Å². The second kappa shape index (κ2) is 5.57. The Kier molecular flexibility index (Phi) is 3.83. The first-order valence-electron chi connectivity index (χ1n) is 5.92. The maximum Gasteiger partial charge on any atom is 0.406 e. The lowest BCUT2D eigenvalue weighted by atomic mass is 10.2. The molecule has 0 fully saturated rings. The summed E-state index contributed by atoms with van der Waals surface area (Å²) in [6.07, 6.45) is 1.76. The van der Waals surface area contributed by atoms with Crippen molar-refractivity contribution in [2.24, 2.45) is 7.05 Å². The maximum absolute atomic E-state index is 10.9. The van der Waals surface area contributed by atoms with Crippen LogP contribution in [0.15, 0.2) is 24.5 Å². The average Bonchev–Trinajstić information content (AvgIpc) is 2.84. The zero-order chi connectivity index (χ0) is 15.6. The van der Waals surface area contributed by atoms with E-state index in [9.17, 15) is 14.9 Å². The van der Waals surface area contributed by atoms with Gasteiger partial charge < -0.3 is 20.0 Å². The van der Waals surface area contributed by atoms with Gasteiger partial charge in [0.2, 0.25) is 5.75 Å². The fraction of sp³-hybridized carbons (Fsp3) is 0.250. The van der Waals surface area contributed by atoms with Gasteiger partial charge in [0.1, 0.15) is 6.20 Å². The van der Waals surface area contributed by atoms with Crippen molar-refractivity contribution >= 4 is 11.8 Å². The lowest BCUT2D eigenvalue weighted by Crippen LogP contribution is -2.23. The fourth-order valence-corrected chi connectivity index (χ4v) is 1.61. The standard InChI is InChI=1S/C12H12N4O5/c1-7(12(17)18)21-10-5-8(6-13-11(10)16(19)20)9-3-4-15(2)14-9/h3-7H,1-2H3,(H,17,18). The molecule has 0 aliphatic heterocycles. The molecule has 21 heavy (non-hydrogen) atoms. The van der Waals surface area contributed by atoms with Crippen LogP contribution < -0.4 is 4.74 Å². The number of pyridine rings is 1. The second-order valence-corrected chi connectivity index (χ2v) is 4.28. The Labute approximate surface area is 118 Å². The second-order valence-electron chi connectivity index (χ2n) is 4.28. The summed E-state index contributed by atoms with van der Waals surface area (Å²) in [6.45, 7) is 1.28. The number of hydrogen-bond acceptors (Lipinski definition) is 6. The summed E-state index contributed by atoms with van der Waals surface area (Å²) in [5.41, 5.74) is 1.04. The van der Waals surface area contributed by atoms with E-state index >= 15 is 0 Å². The van der Waals surface area contributed by atoms with Crippen molar-refractivity contribution < 1.29 is 19.6 Å². The van der Waals surface area contributed by atoms with Crippen molar-refractivity contribution in [1.29, 1.82) is 0 Å². The molecule has 0 bridgehead atoms. The van der Waals surface area contributed by atoms with Crippen LogP contribution in [0.3, 0.4) is 0 Å². The number of ether oxygens (including phenoxy) is 1. The zero-order valence-corrected chi connectivity index (χ0v) is 11.3. The average molecular weight is 292 g/mol. The van der Waals surface area contributed by atoms with E-state index in [1.54, 1.807) is 24.0 Å². The third-order valence-electron chi connectivity index (χ3n) is 2.67. The molecule has 0 spiro atoms. The van der Waals surface area contributed by atoms with E-state index in [-0.39, 0.29) is 5.75 Å². The van der Waals surface area contributed by atoms with E-state index in [2.05, 4.69) is 10.1 Å². The van der Waals surface area contributed by atoms with Crippen LogP contribution >= 0.6 is 0 Å². The number of hydrogen-bond donors (Lipinski definition) is 1. The molecular weight excluding hydrogens is 280 g/mol. The summed E-state index contributed by atoms with van der Waals surface area (Å²) >= 11 is 0. The van der Waals surface area contributed by atoms with Crippen LogP contribution in [0, 0.1) is 10.1 Å². The number of aryl methyl sites for hydroxylation is 1. The van der Waals surface area contributed by atoms with Crippen molar-refractivity contribution in [2.45, 2.75) is 13.0 Å². The molecule has 2 aromatic rings. The molecule has 0 radical (unpaired) electrons. The highest BCUT2D eigenvalue weighted by molar-refractivity contribution is 5.72. The third-order valence-corrected chi connectivity index (χ3v) is 2.67. The number of aromatic nitrogens is 3. The van der Waals surface area contributed by atoms with Gasteiger partial charge in [0, 0.05) is 24.9 Å². The number of carbonyl (C=O) groups is 1. The van der Waals surface area contributed by atoms with Gasteiger partial charge in [-0.25, -0.2) is 4.79 Å². The highest BCUT2D eigenvalue weighted by Gasteiger charge is 2.23. The monoisotopic (exact) mass is 292 g/mol. The predicted octanol–water partition coefficient (Wildman–Crippen LogP) is 1.24. The van der Waals surface area contributed by atoms with Crippen LogP contribution in [0.25, 0.3) is 11.3 Å². The van der Waals surface area contributed by atoms with Crippen LogP contribution in [0.2, 0.25) is 0 Å². The van der Waals surface area contributed by atoms with Gasteiger partial charge in [-0.15, -0.1) is 0 Å². The van der Waals surface area contributed by atoms with Gasteiger partial charge in [-0.3, -0.25) is 4.68 Å². The number of carboxylic acids is 1. The fourth-order valence-electron chi connectivity index (χ4n) is 1.61. The van der Waals surface area contributed by atoms with E-state index in [1.165, 1.54) is 19.2 Å². The lowest BCUT2D eigenvalue weighted by Gasteiger charge is -2.10. The van der Waals surface area contributed by atoms with Crippen molar-refractivity contribution in [3.8, 4) is 17.0 Å². The Morgan fingerprint density at radius 1 is 1.57 bits per heavy atom. The van der Waals surface area contributed by atoms with Crippen molar-refractivity contribution in [3.63, 3.8) is 0 Å². The first-order chi connectivity index (χ1) is 9.88. The Bertz CT molecular complexity index is 697.